The molecule has 0 spiro atoms. The number of carboxylic acid groups (broad SMARTS) is 1. The molecule has 2 rings (SSSR count). The van der Waals surface area contributed by atoms with Crippen LogP contribution < -0.4 is 5.43 Å². The van der Waals surface area contributed by atoms with Gasteiger partial charge in [-0.1, -0.05) is 62.9 Å². The predicted octanol–water partition coefficient (Wildman–Crippen LogP) is 2.47. The number of carbonyl (C=O) groups excluding carboxylic acids is 1. The van der Waals surface area contributed by atoms with Gasteiger partial charge >= 0.3 is 5.97 Å². The van der Waals surface area contributed by atoms with Gasteiger partial charge in [-0.2, -0.15) is 5.10 Å². The van der Waals surface area contributed by atoms with E-state index in [9.17, 15) is 14.7 Å². The molecule has 6 heteroatoms. The molecule has 1 aromatic rings. The van der Waals surface area contributed by atoms with Crippen LogP contribution in [0, 0.1) is 5.41 Å². The summed E-state index contributed by atoms with van der Waals surface area (Å²) in [6.45, 7) is 5.34. The highest BCUT2D eigenvalue weighted by Gasteiger charge is 2.48. The van der Waals surface area contributed by atoms with Crippen molar-refractivity contribution in [2.24, 2.45) is 10.5 Å². The van der Waals surface area contributed by atoms with Crippen molar-refractivity contribution in [2.45, 2.75) is 32.1 Å². The van der Waals surface area contributed by atoms with E-state index in [4.69, 9.17) is 0 Å². The van der Waals surface area contributed by atoms with E-state index < -0.39 is 16.3 Å². The highest BCUT2D eigenvalue weighted by atomic mass is 32.2. The van der Waals surface area contributed by atoms with E-state index in [0.29, 0.717) is 5.04 Å². The minimum atomic E-state index is -1.42. The summed E-state index contributed by atoms with van der Waals surface area (Å²) < 4.78 is 0. The summed E-state index contributed by atoms with van der Waals surface area (Å²) >= 11 is 1.08. The van der Waals surface area contributed by atoms with Crippen LogP contribution in [-0.2, 0) is 9.59 Å². The molecule has 2 N–H and O–H groups in total. The average molecular weight is 306 g/mol. The molecule has 0 bridgehead atoms. The lowest BCUT2D eigenvalue weighted by molar-refractivity contribution is -0.143. The van der Waals surface area contributed by atoms with Gasteiger partial charge in [0.2, 0.25) is 4.87 Å². The molecular weight excluding hydrogens is 288 g/mol. The quantitative estimate of drug-likeness (QED) is 0.893. The van der Waals surface area contributed by atoms with Crippen LogP contribution >= 0.6 is 11.8 Å². The topological polar surface area (TPSA) is 78.8 Å². The fraction of sp³-hybridized carbons (Fsp3) is 0.400. The van der Waals surface area contributed by atoms with Crippen LogP contribution in [0.4, 0.5) is 0 Å². The van der Waals surface area contributed by atoms with Crippen molar-refractivity contribution in [1.82, 2.24) is 5.43 Å². The molecule has 0 fully saturated rings. The minimum Gasteiger partial charge on any atom is -0.479 e. The van der Waals surface area contributed by atoms with Crippen LogP contribution in [-0.4, -0.2) is 26.8 Å². The van der Waals surface area contributed by atoms with Gasteiger partial charge in [0.1, 0.15) is 10.8 Å². The number of benzene rings is 1. The van der Waals surface area contributed by atoms with E-state index in [1.807, 2.05) is 30.3 Å². The molecule has 1 aliphatic heterocycles. The SMILES string of the molecule is CC(C)(C)C(=O)CC1(C(=O)O)NN=C(c2ccccc2)S1. The lowest BCUT2D eigenvalue weighted by Crippen LogP contribution is -2.47. The van der Waals surface area contributed by atoms with Gasteiger partial charge in [-0.05, 0) is 0 Å². The Morgan fingerprint density at radius 1 is 1.29 bits per heavy atom. The molecule has 1 aromatic carbocycles. The van der Waals surface area contributed by atoms with Gasteiger partial charge in [0.25, 0.3) is 0 Å². The maximum atomic E-state index is 12.2. The summed E-state index contributed by atoms with van der Waals surface area (Å²) in [5.74, 6) is -1.20. The third kappa shape index (κ3) is 3.26. The van der Waals surface area contributed by atoms with E-state index in [1.165, 1.54) is 0 Å². The first-order valence-corrected chi connectivity index (χ1v) is 7.42. The second-order valence-electron chi connectivity index (χ2n) is 5.98. The van der Waals surface area contributed by atoms with E-state index in [1.54, 1.807) is 20.8 Å². The van der Waals surface area contributed by atoms with E-state index in [0.717, 1.165) is 17.3 Å². The summed E-state index contributed by atoms with van der Waals surface area (Å²) in [7, 11) is 0. The largest absolute Gasteiger partial charge is 0.479 e. The lowest BCUT2D eigenvalue weighted by Gasteiger charge is -2.26. The highest BCUT2D eigenvalue weighted by molar-refractivity contribution is 8.16. The van der Waals surface area contributed by atoms with E-state index >= 15 is 0 Å². The van der Waals surface area contributed by atoms with E-state index in [2.05, 4.69) is 10.5 Å². The number of nitrogens with one attached hydrogen (secondary N) is 1. The number of nitrogens with zero attached hydrogens (tertiary/aromatic N) is 1. The number of hydrogen-bond donors (Lipinski definition) is 2. The molecule has 0 aliphatic carbocycles. The van der Waals surface area contributed by atoms with Crippen molar-refractivity contribution < 1.29 is 14.7 Å². The number of hydrogen-bond acceptors (Lipinski definition) is 5. The maximum absolute atomic E-state index is 12.2. The van der Waals surface area contributed by atoms with Gasteiger partial charge in [0, 0.05) is 11.0 Å². The van der Waals surface area contributed by atoms with Crippen molar-refractivity contribution in [3.63, 3.8) is 0 Å². The third-order valence-electron chi connectivity index (χ3n) is 3.22. The molecule has 1 atom stereocenters. The number of carboxylic acids is 1. The molecule has 0 aromatic heterocycles. The van der Waals surface area contributed by atoms with Crippen molar-refractivity contribution >= 4 is 28.6 Å². The van der Waals surface area contributed by atoms with Crippen molar-refractivity contribution in [1.29, 1.82) is 0 Å². The Labute approximate surface area is 127 Å². The van der Waals surface area contributed by atoms with Crippen LogP contribution in [0.2, 0.25) is 0 Å². The van der Waals surface area contributed by atoms with Crippen molar-refractivity contribution in [3.8, 4) is 0 Å². The van der Waals surface area contributed by atoms with Gasteiger partial charge < -0.3 is 5.11 Å². The Balaban J connectivity index is 2.21. The number of carbonyl (C=O) groups is 2. The molecule has 1 heterocycles. The molecular formula is C15H18N2O3S. The van der Waals surface area contributed by atoms with Crippen LogP contribution in [0.15, 0.2) is 35.4 Å². The maximum Gasteiger partial charge on any atom is 0.342 e. The van der Waals surface area contributed by atoms with Gasteiger partial charge in [-0.15, -0.1) is 0 Å². The Morgan fingerprint density at radius 3 is 2.43 bits per heavy atom. The standard InChI is InChI=1S/C15H18N2O3S/c1-14(2,3)11(18)9-15(13(19)20)17-16-12(21-15)10-7-5-4-6-8-10/h4-8,17H,9H2,1-3H3,(H,19,20). The number of ketones is 1. The Bertz CT molecular complexity index is 593. The average Bonchev–Trinajstić information content (AvgIpc) is 2.84. The fourth-order valence-corrected chi connectivity index (χ4v) is 2.85. The zero-order chi connectivity index (χ0) is 15.7. The Morgan fingerprint density at radius 2 is 1.90 bits per heavy atom. The van der Waals surface area contributed by atoms with Crippen LogP contribution in [0.1, 0.15) is 32.8 Å². The minimum absolute atomic E-state index is 0.115. The summed E-state index contributed by atoms with van der Waals surface area (Å²) in [6.07, 6.45) is -0.115. The number of aliphatic carboxylic acids is 1. The van der Waals surface area contributed by atoms with Crippen LogP contribution in [0.25, 0.3) is 0 Å². The van der Waals surface area contributed by atoms with Gasteiger partial charge in [-0.25, -0.2) is 4.79 Å². The smallest absolute Gasteiger partial charge is 0.342 e. The first-order chi connectivity index (χ1) is 9.74. The Kier molecular flexibility index (Phi) is 4.09. The van der Waals surface area contributed by atoms with Gasteiger partial charge in [0.15, 0.2) is 0 Å². The fourth-order valence-electron chi connectivity index (χ4n) is 1.79. The molecule has 0 saturated carbocycles. The normalized spacial score (nSPS) is 21.6. The number of thioether (sulfide) groups is 1. The van der Waals surface area contributed by atoms with E-state index in [-0.39, 0.29) is 12.2 Å². The second-order valence-corrected chi connectivity index (χ2v) is 7.27. The molecule has 5 nitrogen and oxygen atoms in total. The highest BCUT2D eigenvalue weighted by Crippen LogP contribution is 2.37. The molecule has 1 aliphatic rings. The van der Waals surface area contributed by atoms with Gasteiger partial charge in [0.05, 0.1) is 6.42 Å². The summed E-state index contributed by atoms with van der Waals surface area (Å²) in [4.78, 5) is 22.4. The zero-order valence-corrected chi connectivity index (χ0v) is 13.0. The molecule has 0 saturated heterocycles. The first kappa shape index (κ1) is 15.6. The molecule has 21 heavy (non-hydrogen) atoms. The number of rotatable bonds is 4. The summed E-state index contributed by atoms with van der Waals surface area (Å²) in [6, 6.07) is 9.32. The molecule has 0 radical (unpaired) electrons. The monoisotopic (exact) mass is 306 g/mol. The number of Topliss-reactive ketones (excluding diaryl/α,β-unsaturated/α-hetero) is 1. The van der Waals surface area contributed by atoms with Crippen molar-refractivity contribution in [3.05, 3.63) is 35.9 Å². The lowest BCUT2D eigenvalue weighted by atomic mass is 9.87. The van der Waals surface area contributed by atoms with Gasteiger partial charge in [-0.3, -0.25) is 10.2 Å². The number of hydrazone groups is 1. The molecule has 112 valence electrons. The van der Waals surface area contributed by atoms with Crippen LogP contribution in [0.5, 0.6) is 0 Å². The zero-order valence-electron chi connectivity index (χ0n) is 12.2. The van der Waals surface area contributed by atoms with Crippen LogP contribution in [0.3, 0.4) is 0 Å². The van der Waals surface area contributed by atoms with Crippen molar-refractivity contribution in [2.75, 3.05) is 0 Å². The Hall–Kier alpha value is -1.82. The summed E-state index contributed by atoms with van der Waals surface area (Å²) in [5, 5.41) is 14.2. The predicted molar refractivity (Wildman–Crippen MR) is 83.2 cm³/mol. The third-order valence-corrected chi connectivity index (χ3v) is 4.50. The second kappa shape index (κ2) is 5.52. The molecule has 1 unspecified atom stereocenters. The molecule has 0 amide bonds. The first-order valence-electron chi connectivity index (χ1n) is 6.61. The summed E-state index contributed by atoms with van der Waals surface area (Å²) in [5.41, 5.74) is 2.90.